The number of amides is 1. The van der Waals surface area contributed by atoms with Gasteiger partial charge in [-0.15, -0.1) is 0 Å². The molecular formula is C21H18N2O4. The third-order valence-electron chi connectivity index (χ3n) is 3.80. The minimum Gasteiger partial charge on any atom is -0.497 e. The van der Waals surface area contributed by atoms with E-state index >= 15 is 0 Å². The summed E-state index contributed by atoms with van der Waals surface area (Å²) < 4.78 is 10.7. The van der Waals surface area contributed by atoms with Gasteiger partial charge in [0.2, 0.25) is 6.10 Å². The predicted molar refractivity (Wildman–Crippen MR) is 100 cm³/mol. The van der Waals surface area contributed by atoms with Crippen LogP contribution in [0.15, 0.2) is 79.1 Å². The second-order valence-corrected chi connectivity index (χ2v) is 5.66. The Morgan fingerprint density at radius 2 is 1.81 bits per heavy atom. The Morgan fingerprint density at radius 3 is 2.52 bits per heavy atom. The number of anilines is 1. The topological polar surface area (TPSA) is 77.5 Å². The molecule has 136 valence electrons. The average Bonchev–Trinajstić information content (AvgIpc) is 2.73. The van der Waals surface area contributed by atoms with E-state index < -0.39 is 18.0 Å². The number of rotatable bonds is 6. The molecule has 6 nitrogen and oxygen atoms in total. The van der Waals surface area contributed by atoms with Crippen LogP contribution in [0.4, 0.5) is 5.69 Å². The van der Waals surface area contributed by atoms with E-state index in [9.17, 15) is 9.59 Å². The van der Waals surface area contributed by atoms with E-state index in [1.807, 2.05) is 6.07 Å². The minimum atomic E-state index is -1.11. The van der Waals surface area contributed by atoms with E-state index in [1.165, 1.54) is 6.20 Å². The van der Waals surface area contributed by atoms with Gasteiger partial charge < -0.3 is 14.8 Å². The minimum absolute atomic E-state index is 0.271. The number of methoxy groups -OCH3 is 1. The van der Waals surface area contributed by atoms with Crippen LogP contribution in [0.25, 0.3) is 0 Å². The summed E-state index contributed by atoms with van der Waals surface area (Å²) in [5.41, 5.74) is 1.38. The fourth-order valence-electron chi connectivity index (χ4n) is 2.47. The van der Waals surface area contributed by atoms with Gasteiger partial charge in [-0.25, -0.2) is 4.79 Å². The Morgan fingerprint density at radius 1 is 1.00 bits per heavy atom. The molecule has 0 radical (unpaired) electrons. The highest BCUT2D eigenvalue weighted by Gasteiger charge is 2.26. The first-order valence-corrected chi connectivity index (χ1v) is 8.28. The molecule has 1 atom stereocenters. The van der Waals surface area contributed by atoms with Crippen molar-refractivity contribution in [3.05, 3.63) is 90.3 Å². The van der Waals surface area contributed by atoms with Crippen LogP contribution in [0.5, 0.6) is 5.75 Å². The normalized spacial score (nSPS) is 11.3. The second-order valence-electron chi connectivity index (χ2n) is 5.66. The Labute approximate surface area is 156 Å². The number of hydrogen-bond acceptors (Lipinski definition) is 5. The third kappa shape index (κ3) is 4.70. The zero-order valence-electron chi connectivity index (χ0n) is 14.7. The summed E-state index contributed by atoms with van der Waals surface area (Å²) in [6.07, 6.45) is 1.84. The zero-order chi connectivity index (χ0) is 19.1. The lowest BCUT2D eigenvalue weighted by atomic mass is 10.1. The van der Waals surface area contributed by atoms with Crippen molar-refractivity contribution >= 4 is 17.6 Å². The SMILES string of the molecule is COc1cccc(NC(=O)[C@@H](OC(=O)c2cccnc2)c2ccccc2)c1. The number of pyridine rings is 1. The highest BCUT2D eigenvalue weighted by atomic mass is 16.5. The first-order valence-electron chi connectivity index (χ1n) is 8.28. The number of ether oxygens (including phenoxy) is 2. The molecule has 0 aliphatic rings. The van der Waals surface area contributed by atoms with Crippen LogP contribution in [0.1, 0.15) is 22.0 Å². The maximum absolute atomic E-state index is 12.8. The average molecular weight is 362 g/mol. The van der Waals surface area contributed by atoms with Crippen LogP contribution >= 0.6 is 0 Å². The lowest BCUT2D eigenvalue weighted by Crippen LogP contribution is -2.26. The maximum atomic E-state index is 12.8. The summed E-state index contributed by atoms with van der Waals surface area (Å²) >= 11 is 0. The van der Waals surface area contributed by atoms with Gasteiger partial charge in [-0.3, -0.25) is 9.78 Å². The van der Waals surface area contributed by atoms with Crippen LogP contribution < -0.4 is 10.1 Å². The van der Waals surface area contributed by atoms with Crippen molar-refractivity contribution < 1.29 is 19.1 Å². The van der Waals surface area contributed by atoms with Gasteiger partial charge in [-0.2, -0.15) is 0 Å². The fraction of sp³-hybridized carbons (Fsp3) is 0.0952. The molecule has 3 rings (SSSR count). The summed E-state index contributed by atoms with van der Waals surface area (Å²) in [5.74, 6) is -0.485. The van der Waals surface area contributed by atoms with Crippen molar-refractivity contribution in [1.82, 2.24) is 4.98 Å². The quantitative estimate of drug-likeness (QED) is 0.678. The number of carbonyl (C=O) groups is 2. The molecule has 0 fully saturated rings. The van der Waals surface area contributed by atoms with E-state index in [2.05, 4.69) is 10.3 Å². The Kier molecular flexibility index (Phi) is 5.79. The lowest BCUT2D eigenvalue weighted by molar-refractivity contribution is -0.125. The van der Waals surface area contributed by atoms with Crippen molar-refractivity contribution in [1.29, 1.82) is 0 Å². The van der Waals surface area contributed by atoms with Crippen LogP contribution in [-0.4, -0.2) is 24.0 Å². The molecule has 6 heteroatoms. The summed E-state index contributed by atoms with van der Waals surface area (Å²) in [6.45, 7) is 0. The predicted octanol–water partition coefficient (Wildman–Crippen LogP) is 3.63. The molecule has 0 spiro atoms. The molecule has 1 aromatic heterocycles. The molecule has 1 N–H and O–H groups in total. The Balaban J connectivity index is 1.83. The van der Waals surface area contributed by atoms with Gasteiger partial charge in [0.15, 0.2) is 0 Å². The molecule has 1 heterocycles. The first kappa shape index (κ1) is 18.1. The molecule has 0 saturated heterocycles. The van der Waals surface area contributed by atoms with Crippen molar-refractivity contribution in [2.75, 3.05) is 12.4 Å². The number of nitrogens with zero attached hydrogens (tertiary/aromatic N) is 1. The van der Waals surface area contributed by atoms with E-state index in [0.29, 0.717) is 17.0 Å². The molecule has 0 aliphatic heterocycles. The summed E-state index contributed by atoms with van der Waals surface area (Å²) in [5, 5.41) is 2.76. The molecule has 0 aliphatic carbocycles. The zero-order valence-corrected chi connectivity index (χ0v) is 14.7. The largest absolute Gasteiger partial charge is 0.497 e. The summed E-state index contributed by atoms with van der Waals surface area (Å²) in [7, 11) is 1.55. The van der Waals surface area contributed by atoms with Gasteiger partial charge >= 0.3 is 5.97 Å². The van der Waals surface area contributed by atoms with Crippen molar-refractivity contribution in [2.45, 2.75) is 6.10 Å². The lowest BCUT2D eigenvalue weighted by Gasteiger charge is -2.18. The van der Waals surface area contributed by atoms with Gasteiger partial charge in [0, 0.05) is 29.7 Å². The summed E-state index contributed by atoms with van der Waals surface area (Å²) in [4.78, 5) is 29.2. The standard InChI is InChI=1S/C21H18N2O4/c1-26-18-11-5-10-17(13-18)23-20(24)19(15-7-3-2-4-8-15)27-21(25)16-9-6-12-22-14-16/h2-14,19H,1H3,(H,23,24)/t19-/m0/s1. The molecule has 3 aromatic rings. The fourth-order valence-corrected chi connectivity index (χ4v) is 2.47. The highest BCUT2D eigenvalue weighted by molar-refractivity contribution is 5.98. The molecule has 0 bridgehead atoms. The molecule has 27 heavy (non-hydrogen) atoms. The van der Waals surface area contributed by atoms with Crippen LogP contribution in [-0.2, 0) is 9.53 Å². The van der Waals surface area contributed by atoms with Gasteiger partial charge in [-0.05, 0) is 24.3 Å². The van der Waals surface area contributed by atoms with E-state index in [0.717, 1.165) is 0 Å². The van der Waals surface area contributed by atoms with Gasteiger partial charge in [0.1, 0.15) is 5.75 Å². The molecule has 0 unspecified atom stereocenters. The Bertz CT molecular complexity index is 914. The Hall–Kier alpha value is -3.67. The van der Waals surface area contributed by atoms with Gasteiger partial charge in [0.25, 0.3) is 5.91 Å². The number of aromatic nitrogens is 1. The smallest absolute Gasteiger partial charge is 0.340 e. The van der Waals surface area contributed by atoms with Crippen LogP contribution in [0, 0.1) is 0 Å². The third-order valence-corrected chi connectivity index (χ3v) is 3.80. The van der Waals surface area contributed by atoms with E-state index in [4.69, 9.17) is 9.47 Å². The van der Waals surface area contributed by atoms with Gasteiger partial charge in [0.05, 0.1) is 12.7 Å². The second kappa shape index (κ2) is 8.62. The molecular weight excluding hydrogens is 344 g/mol. The van der Waals surface area contributed by atoms with Crippen molar-refractivity contribution in [2.24, 2.45) is 0 Å². The van der Waals surface area contributed by atoms with Crippen molar-refractivity contribution in [3.8, 4) is 5.75 Å². The molecule has 2 aromatic carbocycles. The van der Waals surface area contributed by atoms with Crippen LogP contribution in [0.2, 0.25) is 0 Å². The number of carbonyl (C=O) groups excluding carboxylic acids is 2. The molecule has 1 amide bonds. The van der Waals surface area contributed by atoms with E-state index in [-0.39, 0.29) is 5.56 Å². The molecule has 0 saturated carbocycles. The van der Waals surface area contributed by atoms with Crippen molar-refractivity contribution in [3.63, 3.8) is 0 Å². The maximum Gasteiger partial charge on any atom is 0.340 e. The first-order chi connectivity index (χ1) is 13.2. The highest BCUT2D eigenvalue weighted by Crippen LogP contribution is 2.23. The van der Waals surface area contributed by atoms with E-state index in [1.54, 1.807) is 74.0 Å². The van der Waals surface area contributed by atoms with Gasteiger partial charge in [-0.1, -0.05) is 36.4 Å². The number of nitrogens with one attached hydrogen (secondary N) is 1. The van der Waals surface area contributed by atoms with Crippen LogP contribution in [0.3, 0.4) is 0 Å². The number of benzene rings is 2. The number of hydrogen-bond donors (Lipinski definition) is 1. The monoisotopic (exact) mass is 362 g/mol. The summed E-state index contributed by atoms with van der Waals surface area (Å²) in [6, 6.07) is 19.0. The number of esters is 1.